The molecule has 0 atom stereocenters. The van der Waals surface area contributed by atoms with Gasteiger partial charge in [-0.25, -0.2) is 0 Å². The summed E-state index contributed by atoms with van der Waals surface area (Å²) in [7, 11) is 0. The van der Waals surface area contributed by atoms with Gasteiger partial charge >= 0.3 is 0 Å². The molecule has 2 aliphatic rings. The van der Waals surface area contributed by atoms with E-state index < -0.39 is 0 Å². The molecule has 2 fully saturated rings. The van der Waals surface area contributed by atoms with Gasteiger partial charge in [0, 0.05) is 31.9 Å². The lowest BCUT2D eigenvalue weighted by molar-refractivity contribution is 0.122. The van der Waals surface area contributed by atoms with Crippen molar-refractivity contribution in [2.45, 2.75) is 39.5 Å². The third-order valence-corrected chi connectivity index (χ3v) is 5.43. The lowest BCUT2D eigenvalue weighted by Crippen LogP contribution is -2.38. The number of nitrogens with zero attached hydrogens (tertiary/aromatic N) is 5. The number of hydrogen-bond acceptors (Lipinski definition) is 7. The van der Waals surface area contributed by atoms with Gasteiger partial charge in [0.2, 0.25) is 17.8 Å². The molecule has 0 saturated carbocycles. The second-order valence-corrected chi connectivity index (χ2v) is 7.70. The maximum atomic E-state index is 5.50. The summed E-state index contributed by atoms with van der Waals surface area (Å²) in [5.41, 5.74) is 3.43. The highest BCUT2D eigenvalue weighted by atomic mass is 16.5. The summed E-state index contributed by atoms with van der Waals surface area (Å²) in [6.07, 6.45) is 4.95. The summed E-state index contributed by atoms with van der Waals surface area (Å²) in [4.78, 5) is 18.9. The van der Waals surface area contributed by atoms with E-state index in [0.29, 0.717) is 19.2 Å². The average molecular weight is 383 g/mol. The molecule has 3 heterocycles. The number of ether oxygens (including phenoxy) is 1. The van der Waals surface area contributed by atoms with Crippen LogP contribution in [0.1, 0.15) is 36.8 Å². The van der Waals surface area contributed by atoms with Crippen molar-refractivity contribution in [2.24, 2.45) is 0 Å². The summed E-state index contributed by atoms with van der Waals surface area (Å²) >= 11 is 0. The Labute approximate surface area is 167 Å². The zero-order valence-corrected chi connectivity index (χ0v) is 16.9. The van der Waals surface area contributed by atoms with Crippen LogP contribution in [0.4, 0.5) is 23.5 Å². The van der Waals surface area contributed by atoms with Crippen molar-refractivity contribution in [3.05, 3.63) is 29.3 Å². The predicted molar refractivity (Wildman–Crippen MR) is 113 cm³/mol. The zero-order valence-electron chi connectivity index (χ0n) is 16.9. The maximum absolute atomic E-state index is 5.50. The van der Waals surface area contributed by atoms with Gasteiger partial charge in [-0.05, 0) is 43.9 Å². The minimum atomic E-state index is 0.615. The molecule has 0 spiro atoms. The van der Waals surface area contributed by atoms with Crippen LogP contribution in [0.5, 0.6) is 0 Å². The van der Waals surface area contributed by atoms with Crippen LogP contribution in [-0.4, -0.2) is 54.3 Å². The molecule has 2 aliphatic heterocycles. The Bertz CT molecular complexity index is 797. The lowest BCUT2D eigenvalue weighted by Gasteiger charge is -2.28. The molecule has 28 heavy (non-hydrogen) atoms. The van der Waals surface area contributed by atoms with Gasteiger partial charge in [0.15, 0.2) is 0 Å². The Hall–Kier alpha value is -2.41. The molecule has 0 aliphatic carbocycles. The highest BCUT2D eigenvalue weighted by Gasteiger charge is 2.20. The van der Waals surface area contributed by atoms with Gasteiger partial charge in [-0.15, -0.1) is 0 Å². The SMILES string of the molecule is Cc1ccc(C)c(Nc2nc(N3CCCCCC3)nc(N3CCOCC3)n2)c1. The number of nitrogens with one attached hydrogen (secondary N) is 1. The first-order valence-electron chi connectivity index (χ1n) is 10.4. The van der Waals surface area contributed by atoms with Gasteiger partial charge < -0.3 is 19.9 Å². The summed E-state index contributed by atoms with van der Waals surface area (Å²) in [6.45, 7) is 9.26. The van der Waals surface area contributed by atoms with E-state index in [-0.39, 0.29) is 0 Å². The Kier molecular flexibility index (Phi) is 5.90. The van der Waals surface area contributed by atoms with Crippen LogP contribution in [0.3, 0.4) is 0 Å². The van der Waals surface area contributed by atoms with E-state index in [4.69, 9.17) is 19.7 Å². The standard InChI is InChI=1S/C21H30N6O/c1-16-7-8-17(2)18(15-16)22-19-23-20(26-9-5-3-4-6-10-26)25-21(24-19)27-11-13-28-14-12-27/h7-8,15H,3-6,9-14H2,1-2H3,(H,22,23,24,25). The van der Waals surface area contributed by atoms with Crippen LogP contribution in [0.2, 0.25) is 0 Å². The molecule has 7 nitrogen and oxygen atoms in total. The van der Waals surface area contributed by atoms with Crippen molar-refractivity contribution < 1.29 is 4.74 Å². The molecule has 7 heteroatoms. The molecule has 0 amide bonds. The molecular weight excluding hydrogens is 352 g/mol. The second kappa shape index (κ2) is 8.73. The van der Waals surface area contributed by atoms with Gasteiger partial charge in [0.25, 0.3) is 0 Å². The second-order valence-electron chi connectivity index (χ2n) is 7.70. The van der Waals surface area contributed by atoms with Gasteiger partial charge in [0.1, 0.15) is 0 Å². The molecule has 2 aromatic rings. The predicted octanol–water partition coefficient (Wildman–Crippen LogP) is 3.45. The van der Waals surface area contributed by atoms with E-state index in [1.165, 1.54) is 36.8 Å². The quantitative estimate of drug-likeness (QED) is 0.869. The number of hydrogen-bond donors (Lipinski definition) is 1. The molecule has 1 N–H and O–H groups in total. The third kappa shape index (κ3) is 4.52. The molecule has 0 radical (unpaired) electrons. The van der Waals surface area contributed by atoms with Gasteiger partial charge in [-0.1, -0.05) is 25.0 Å². The molecule has 1 aromatic heterocycles. The van der Waals surface area contributed by atoms with Crippen molar-refractivity contribution >= 4 is 23.5 Å². The van der Waals surface area contributed by atoms with Gasteiger partial charge in [0.05, 0.1) is 13.2 Å². The number of morpholine rings is 1. The minimum absolute atomic E-state index is 0.615. The fraction of sp³-hybridized carbons (Fsp3) is 0.571. The van der Waals surface area contributed by atoms with Crippen LogP contribution in [-0.2, 0) is 4.74 Å². The fourth-order valence-corrected chi connectivity index (χ4v) is 3.72. The third-order valence-electron chi connectivity index (χ3n) is 5.43. The maximum Gasteiger partial charge on any atom is 0.233 e. The monoisotopic (exact) mass is 382 g/mol. The smallest absolute Gasteiger partial charge is 0.233 e. The topological polar surface area (TPSA) is 66.4 Å². The van der Waals surface area contributed by atoms with Crippen LogP contribution >= 0.6 is 0 Å². The first kappa shape index (κ1) is 18.9. The van der Waals surface area contributed by atoms with Crippen LogP contribution < -0.4 is 15.1 Å². The van der Waals surface area contributed by atoms with Crippen LogP contribution in [0.25, 0.3) is 0 Å². The normalized spacial score (nSPS) is 18.1. The Morgan fingerprint density at radius 3 is 2.14 bits per heavy atom. The molecular formula is C21H30N6O. The van der Waals surface area contributed by atoms with Crippen LogP contribution in [0, 0.1) is 13.8 Å². The zero-order chi connectivity index (χ0) is 19.3. The molecule has 2 saturated heterocycles. The number of aromatic nitrogens is 3. The van der Waals surface area contributed by atoms with E-state index in [9.17, 15) is 0 Å². The van der Waals surface area contributed by atoms with Gasteiger partial charge in [-0.2, -0.15) is 15.0 Å². The molecule has 0 unspecified atom stereocenters. The highest BCUT2D eigenvalue weighted by molar-refractivity contribution is 5.61. The first-order chi connectivity index (χ1) is 13.7. The van der Waals surface area contributed by atoms with E-state index in [1.807, 2.05) is 0 Å². The number of anilines is 4. The van der Waals surface area contributed by atoms with Gasteiger partial charge in [-0.3, -0.25) is 0 Å². The average Bonchev–Trinajstić information content (AvgIpc) is 3.01. The summed E-state index contributed by atoms with van der Waals surface area (Å²) in [5, 5.41) is 3.44. The van der Waals surface area contributed by atoms with Crippen molar-refractivity contribution in [1.29, 1.82) is 0 Å². The summed E-state index contributed by atoms with van der Waals surface area (Å²) < 4.78 is 5.50. The largest absolute Gasteiger partial charge is 0.378 e. The van der Waals surface area contributed by atoms with E-state index in [0.717, 1.165) is 43.8 Å². The Morgan fingerprint density at radius 1 is 0.821 bits per heavy atom. The Balaban J connectivity index is 1.67. The highest BCUT2D eigenvalue weighted by Crippen LogP contribution is 2.24. The van der Waals surface area contributed by atoms with E-state index in [2.05, 4.69) is 47.2 Å². The van der Waals surface area contributed by atoms with Crippen molar-refractivity contribution in [3.63, 3.8) is 0 Å². The van der Waals surface area contributed by atoms with E-state index in [1.54, 1.807) is 0 Å². The molecule has 4 rings (SSSR count). The number of benzene rings is 1. The van der Waals surface area contributed by atoms with Crippen molar-refractivity contribution in [2.75, 3.05) is 54.5 Å². The summed E-state index contributed by atoms with van der Waals surface area (Å²) in [5.74, 6) is 2.14. The van der Waals surface area contributed by atoms with Crippen molar-refractivity contribution in [3.8, 4) is 0 Å². The minimum Gasteiger partial charge on any atom is -0.378 e. The van der Waals surface area contributed by atoms with E-state index >= 15 is 0 Å². The van der Waals surface area contributed by atoms with Crippen LogP contribution in [0.15, 0.2) is 18.2 Å². The Morgan fingerprint density at radius 2 is 1.46 bits per heavy atom. The number of aryl methyl sites for hydroxylation is 2. The first-order valence-corrected chi connectivity index (χ1v) is 10.4. The molecule has 150 valence electrons. The lowest BCUT2D eigenvalue weighted by atomic mass is 10.1. The molecule has 1 aromatic carbocycles. The number of rotatable bonds is 4. The van der Waals surface area contributed by atoms with Crippen molar-refractivity contribution in [1.82, 2.24) is 15.0 Å². The molecule has 0 bridgehead atoms. The fourth-order valence-electron chi connectivity index (χ4n) is 3.72. The summed E-state index contributed by atoms with van der Waals surface area (Å²) in [6, 6.07) is 6.38.